The van der Waals surface area contributed by atoms with Crippen LogP contribution < -0.4 is 5.32 Å². The molecule has 116 valence electrons. The van der Waals surface area contributed by atoms with E-state index in [0.29, 0.717) is 12.0 Å². The first-order valence-corrected chi connectivity index (χ1v) is 7.76. The summed E-state index contributed by atoms with van der Waals surface area (Å²) in [4.78, 5) is 14.1. The molecule has 1 heterocycles. The third-order valence-corrected chi connectivity index (χ3v) is 5.08. The maximum Gasteiger partial charge on any atom is 0.323 e. The van der Waals surface area contributed by atoms with Crippen molar-refractivity contribution >= 4 is 5.97 Å². The fourth-order valence-electron chi connectivity index (χ4n) is 3.89. The minimum Gasteiger partial charge on any atom is -0.480 e. The van der Waals surface area contributed by atoms with E-state index in [4.69, 9.17) is 4.74 Å². The van der Waals surface area contributed by atoms with Crippen molar-refractivity contribution in [2.45, 2.75) is 50.1 Å². The summed E-state index contributed by atoms with van der Waals surface area (Å²) >= 11 is 0. The number of carboxylic acid groups (broad SMARTS) is 1. The Morgan fingerprint density at radius 2 is 2.25 bits per heavy atom. The highest BCUT2D eigenvalue weighted by Crippen LogP contribution is 2.33. The zero-order valence-corrected chi connectivity index (χ0v) is 12.7. The molecule has 20 heavy (non-hydrogen) atoms. The molecule has 0 radical (unpaired) electrons. The van der Waals surface area contributed by atoms with Crippen molar-refractivity contribution in [2.24, 2.45) is 5.92 Å². The van der Waals surface area contributed by atoms with Crippen LogP contribution in [0.2, 0.25) is 0 Å². The van der Waals surface area contributed by atoms with Crippen LogP contribution in [0.3, 0.4) is 0 Å². The lowest BCUT2D eigenvalue weighted by Crippen LogP contribution is -2.58. The van der Waals surface area contributed by atoms with Crippen molar-refractivity contribution in [3.63, 3.8) is 0 Å². The van der Waals surface area contributed by atoms with Gasteiger partial charge in [0, 0.05) is 19.7 Å². The fraction of sp³-hybridized carbons (Fsp3) is 0.933. The molecule has 3 unspecified atom stereocenters. The number of ether oxygens (including phenoxy) is 1. The third-order valence-electron chi connectivity index (χ3n) is 5.08. The number of piperidine rings is 1. The lowest BCUT2D eigenvalue weighted by molar-refractivity contribution is -0.147. The minimum atomic E-state index is -0.725. The highest BCUT2D eigenvalue weighted by molar-refractivity contribution is 5.79. The second-order valence-electron chi connectivity index (χ2n) is 6.35. The van der Waals surface area contributed by atoms with Crippen LogP contribution in [-0.2, 0) is 9.53 Å². The first kappa shape index (κ1) is 15.7. The van der Waals surface area contributed by atoms with Gasteiger partial charge in [0.15, 0.2) is 0 Å². The molecule has 0 spiro atoms. The van der Waals surface area contributed by atoms with E-state index in [1.807, 2.05) is 0 Å². The molecule has 0 aromatic heterocycles. The van der Waals surface area contributed by atoms with Crippen LogP contribution in [-0.4, -0.2) is 61.4 Å². The smallest absolute Gasteiger partial charge is 0.323 e. The van der Waals surface area contributed by atoms with E-state index in [1.165, 1.54) is 12.8 Å². The number of aliphatic carboxylic acids is 1. The Kier molecular flexibility index (Phi) is 5.41. The van der Waals surface area contributed by atoms with Crippen LogP contribution >= 0.6 is 0 Å². The van der Waals surface area contributed by atoms with Gasteiger partial charge in [0.2, 0.25) is 0 Å². The van der Waals surface area contributed by atoms with E-state index in [9.17, 15) is 9.90 Å². The lowest BCUT2D eigenvalue weighted by Gasteiger charge is -2.45. The zero-order chi connectivity index (χ0) is 14.6. The Labute approximate surface area is 121 Å². The number of hydrogen-bond donors (Lipinski definition) is 2. The summed E-state index contributed by atoms with van der Waals surface area (Å²) in [5.74, 6) is -0.0976. The second-order valence-corrected chi connectivity index (χ2v) is 6.35. The monoisotopic (exact) mass is 284 g/mol. The summed E-state index contributed by atoms with van der Waals surface area (Å²) in [5.41, 5.74) is -0.725. The number of rotatable bonds is 5. The molecule has 5 heteroatoms. The van der Waals surface area contributed by atoms with E-state index in [-0.39, 0.29) is 0 Å². The zero-order valence-electron chi connectivity index (χ0n) is 12.7. The predicted octanol–water partition coefficient (Wildman–Crippen LogP) is 1.33. The summed E-state index contributed by atoms with van der Waals surface area (Å²) in [6.45, 7) is 2.97. The Balaban J connectivity index is 1.99. The van der Waals surface area contributed by atoms with Gasteiger partial charge >= 0.3 is 5.97 Å². The average molecular weight is 284 g/mol. The number of carbonyl (C=O) groups is 1. The quantitative estimate of drug-likeness (QED) is 0.797. The highest BCUT2D eigenvalue weighted by atomic mass is 16.5. The Hall–Kier alpha value is -0.650. The number of likely N-dealkylation sites (tertiary alicyclic amines) is 1. The first-order chi connectivity index (χ1) is 9.61. The third kappa shape index (κ3) is 3.32. The molecule has 1 saturated heterocycles. The van der Waals surface area contributed by atoms with Gasteiger partial charge in [-0.2, -0.15) is 0 Å². The normalized spacial score (nSPS) is 35.9. The molecule has 0 aromatic carbocycles. The molecule has 2 rings (SSSR count). The Bertz CT molecular complexity index is 335. The summed E-state index contributed by atoms with van der Waals surface area (Å²) in [6, 6.07) is 0.395. The predicted molar refractivity (Wildman–Crippen MR) is 77.9 cm³/mol. The number of carboxylic acids is 1. The molecular weight excluding hydrogens is 256 g/mol. The van der Waals surface area contributed by atoms with Gasteiger partial charge in [0.05, 0.1) is 6.61 Å². The lowest BCUT2D eigenvalue weighted by atomic mass is 9.77. The number of methoxy groups -OCH3 is 1. The molecule has 3 atom stereocenters. The largest absolute Gasteiger partial charge is 0.480 e. The standard InChI is InChI=1S/C15H28N2O3/c1-16-15(14(18)19)7-3-6-13(9-15)17-8-4-5-12(10-17)11-20-2/h12-13,16H,3-11H2,1-2H3,(H,18,19). The van der Waals surface area contributed by atoms with E-state index in [0.717, 1.165) is 45.4 Å². The van der Waals surface area contributed by atoms with E-state index >= 15 is 0 Å². The van der Waals surface area contributed by atoms with E-state index in [2.05, 4.69) is 10.2 Å². The fourth-order valence-corrected chi connectivity index (χ4v) is 3.89. The van der Waals surface area contributed by atoms with Crippen LogP contribution in [0, 0.1) is 5.92 Å². The maximum atomic E-state index is 11.6. The average Bonchev–Trinajstić information content (AvgIpc) is 2.48. The molecule has 0 aromatic rings. The van der Waals surface area contributed by atoms with Crippen molar-refractivity contribution in [3.8, 4) is 0 Å². The Morgan fingerprint density at radius 1 is 1.45 bits per heavy atom. The first-order valence-electron chi connectivity index (χ1n) is 7.76. The number of likely N-dealkylation sites (N-methyl/N-ethyl adjacent to an activating group) is 1. The molecule has 0 bridgehead atoms. The molecule has 1 aliphatic heterocycles. The molecule has 2 aliphatic rings. The number of hydrogen-bond acceptors (Lipinski definition) is 4. The van der Waals surface area contributed by atoms with Crippen LogP contribution in [0.4, 0.5) is 0 Å². The van der Waals surface area contributed by atoms with Crippen molar-refractivity contribution in [1.29, 1.82) is 0 Å². The van der Waals surface area contributed by atoms with Crippen LogP contribution in [0.15, 0.2) is 0 Å². The maximum absolute atomic E-state index is 11.6. The molecule has 1 aliphatic carbocycles. The SMILES string of the molecule is CNC1(C(=O)O)CCCC(N2CCCC(COC)C2)C1. The second kappa shape index (κ2) is 6.87. The van der Waals surface area contributed by atoms with Crippen LogP contribution in [0.1, 0.15) is 38.5 Å². The highest BCUT2D eigenvalue weighted by Gasteiger charge is 2.43. The topological polar surface area (TPSA) is 61.8 Å². The molecule has 1 saturated carbocycles. The van der Waals surface area contributed by atoms with Crippen molar-refractivity contribution in [1.82, 2.24) is 10.2 Å². The summed E-state index contributed by atoms with van der Waals surface area (Å²) in [6.07, 6.45) is 6.00. The number of nitrogens with one attached hydrogen (secondary N) is 1. The molecule has 5 nitrogen and oxygen atoms in total. The molecule has 2 fully saturated rings. The van der Waals surface area contributed by atoms with Crippen LogP contribution in [0.5, 0.6) is 0 Å². The van der Waals surface area contributed by atoms with Crippen LogP contribution in [0.25, 0.3) is 0 Å². The van der Waals surface area contributed by atoms with E-state index < -0.39 is 11.5 Å². The van der Waals surface area contributed by atoms with E-state index in [1.54, 1.807) is 14.2 Å². The van der Waals surface area contributed by atoms with Gasteiger partial charge < -0.3 is 15.2 Å². The molecule has 0 amide bonds. The molecular formula is C15H28N2O3. The van der Waals surface area contributed by atoms with Crippen molar-refractivity contribution in [2.75, 3.05) is 33.9 Å². The number of nitrogens with zero attached hydrogens (tertiary/aromatic N) is 1. The Morgan fingerprint density at radius 3 is 2.90 bits per heavy atom. The summed E-state index contributed by atoms with van der Waals surface area (Å²) in [7, 11) is 3.54. The van der Waals surface area contributed by atoms with Gasteiger partial charge in [0.1, 0.15) is 5.54 Å². The van der Waals surface area contributed by atoms with Gasteiger partial charge in [-0.3, -0.25) is 9.69 Å². The van der Waals surface area contributed by atoms with Gasteiger partial charge in [-0.05, 0) is 58.0 Å². The van der Waals surface area contributed by atoms with Gasteiger partial charge in [-0.15, -0.1) is 0 Å². The van der Waals surface area contributed by atoms with Gasteiger partial charge in [-0.1, -0.05) is 0 Å². The van der Waals surface area contributed by atoms with Crippen molar-refractivity contribution < 1.29 is 14.6 Å². The summed E-state index contributed by atoms with van der Waals surface area (Å²) in [5, 5.41) is 12.6. The minimum absolute atomic E-state index is 0.395. The molecule has 2 N–H and O–H groups in total. The summed E-state index contributed by atoms with van der Waals surface area (Å²) < 4.78 is 5.28. The van der Waals surface area contributed by atoms with Crippen molar-refractivity contribution in [3.05, 3.63) is 0 Å². The van der Waals surface area contributed by atoms with Gasteiger partial charge in [-0.25, -0.2) is 0 Å². The van der Waals surface area contributed by atoms with Gasteiger partial charge in [0.25, 0.3) is 0 Å².